The van der Waals surface area contributed by atoms with Crippen LogP contribution in [0.4, 0.5) is 5.00 Å². The van der Waals surface area contributed by atoms with Crippen LogP contribution >= 0.6 is 11.3 Å². The fraction of sp³-hybridized carbons (Fsp3) is 0.333. The summed E-state index contributed by atoms with van der Waals surface area (Å²) < 4.78 is 1.73. The van der Waals surface area contributed by atoms with Gasteiger partial charge in [0.1, 0.15) is 0 Å². The minimum absolute atomic E-state index is 0.179. The molecule has 0 fully saturated rings. The Hall–Kier alpha value is -1.80. The second kappa shape index (κ2) is 5.51. The molecule has 17 heavy (non-hydrogen) atoms. The molecule has 2 aromatic rings. The monoisotopic (exact) mass is 253 g/mol. The third kappa shape index (κ3) is 3.33. The van der Waals surface area contributed by atoms with Gasteiger partial charge < -0.3 is 5.32 Å². The van der Waals surface area contributed by atoms with E-state index in [1.54, 1.807) is 28.5 Å². The van der Waals surface area contributed by atoms with Gasteiger partial charge in [-0.2, -0.15) is 0 Å². The molecule has 90 valence electrons. The van der Waals surface area contributed by atoms with Crippen LogP contribution in [-0.2, 0) is 13.1 Å². The van der Waals surface area contributed by atoms with Crippen LogP contribution in [0.15, 0.2) is 23.8 Å². The molecule has 8 heteroatoms. The van der Waals surface area contributed by atoms with Crippen molar-refractivity contribution >= 4 is 16.3 Å². The van der Waals surface area contributed by atoms with Gasteiger partial charge in [-0.15, -0.1) is 5.10 Å². The van der Waals surface area contributed by atoms with Gasteiger partial charge in [-0.3, -0.25) is 14.8 Å². The number of hydrogen-bond acceptors (Lipinski definition) is 6. The first-order valence-corrected chi connectivity index (χ1v) is 5.90. The van der Waals surface area contributed by atoms with Crippen molar-refractivity contribution in [1.29, 1.82) is 0 Å². The highest BCUT2D eigenvalue weighted by atomic mass is 32.1. The van der Waals surface area contributed by atoms with E-state index in [0.717, 1.165) is 30.0 Å². The van der Waals surface area contributed by atoms with E-state index in [2.05, 4.69) is 15.6 Å². The molecule has 0 bridgehead atoms. The zero-order valence-electron chi connectivity index (χ0n) is 8.94. The van der Waals surface area contributed by atoms with Gasteiger partial charge in [0.2, 0.25) is 0 Å². The van der Waals surface area contributed by atoms with Gasteiger partial charge in [0, 0.05) is 30.7 Å². The first-order valence-electron chi connectivity index (χ1n) is 5.02. The molecule has 0 spiro atoms. The molecule has 0 unspecified atom stereocenters. The maximum atomic E-state index is 10.5. The topological polar surface area (TPSA) is 85.9 Å². The van der Waals surface area contributed by atoms with Crippen molar-refractivity contribution in [2.75, 3.05) is 6.54 Å². The molecule has 7 nitrogen and oxygen atoms in total. The van der Waals surface area contributed by atoms with Gasteiger partial charge in [-0.1, -0.05) is 16.6 Å². The van der Waals surface area contributed by atoms with Crippen LogP contribution < -0.4 is 5.32 Å². The smallest absolute Gasteiger partial charge is 0.311 e. The van der Waals surface area contributed by atoms with Crippen LogP contribution in [0.5, 0.6) is 0 Å². The van der Waals surface area contributed by atoms with Gasteiger partial charge >= 0.3 is 5.00 Å². The van der Waals surface area contributed by atoms with Crippen LogP contribution in [-0.4, -0.2) is 26.5 Å². The fourth-order valence-electron chi connectivity index (χ4n) is 1.33. The first kappa shape index (κ1) is 11.7. The summed E-state index contributed by atoms with van der Waals surface area (Å²) in [5, 5.41) is 23.2. The number of thiophene rings is 1. The molecule has 0 saturated heterocycles. The van der Waals surface area contributed by atoms with Crippen molar-refractivity contribution in [1.82, 2.24) is 20.3 Å². The molecular formula is C9H11N5O2S. The molecule has 0 atom stereocenters. The molecule has 0 aliphatic carbocycles. The number of hydrogen-bond donors (Lipinski definition) is 1. The molecule has 0 saturated carbocycles. The summed E-state index contributed by atoms with van der Waals surface area (Å²) in [6, 6.07) is 1.59. The lowest BCUT2D eigenvalue weighted by atomic mass is 10.3. The van der Waals surface area contributed by atoms with Crippen LogP contribution in [0.2, 0.25) is 0 Å². The van der Waals surface area contributed by atoms with E-state index in [4.69, 9.17) is 0 Å². The highest BCUT2D eigenvalue weighted by molar-refractivity contribution is 7.13. The SMILES string of the molecule is O=[N+]([O-])c1cc(CNCCn2ccnn2)cs1. The van der Waals surface area contributed by atoms with Crippen molar-refractivity contribution in [2.45, 2.75) is 13.1 Å². The van der Waals surface area contributed by atoms with Crippen LogP contribution in [0.3, 0.4) is 0 Å². The summed E-state index contributed by atoms with van der Waals surface area (Å²) in [6.07, 6.45) is 3.42. The Morgan fingerprint density at radius 2 is 2.47 bits per heavy atom. The van der Waals surface area contributed by atoms with E-state index in [1.807, 2.05) is 0 Å². The summed E-state index contributed by atoms with van der Waals surface area (Å²) in [7, 11) is 0. The third-order valence-electron chi connectivity index (χ3n) is 2.14. The summed E-state index contributed by atoms with van der Waals surface area (Å²) in [5.41, 5.74) is 0.931. The van der Waals surface area contributed by atoms with Gasteiger partial charge in [-0.25, -0.2) is 0 Å². The number of rotatable bonds is 6. The van der Waals surface area contributed by atoms with E-state index in [0.29, 0.717) is 6.54 Å². The maximum Gasteiger partial charge on any atom is 0.324 e. The molecule has 0 aliphatic rings. The largest absolute Gasteiger partial charge is 0.324 e. The molecule has 0 radical (unpaired) electrons. The molecule has 2 heterocycles. The van der Waals surface area contributed by atoms with Gasteiger partial charge in [0.15, 0.2) is 0 Å². The average Bonchev–Trinajstić information content (AvgIpc) is 2.96. The van der Waals surface area contributed by atoms with E-state index in [9.17, 15) is 10.1 Å². The van der Waals surface area contributed by atoms with Crippen molar-refractivity contribution in [3.05, 3.63) is 39.5 Å². The Labute approximate surface area is 101 Å². The zero-order valence-corrected chi connectivity index (χ0v) is 9.76. The molecule has 0 aliphatic heterocycles. The Balaban J connectivity index is 1.72. The van der Waals surface area contributed by atoms with Crippen LogP contribution in [0.1, 0.15) is 5.56 Å². The molecular weight excluding hydrogens is 242 g/mol. The lowest BCUT2D eigenvalue weighted by Gasteiger charge is -2.02. The summed E-state index contributed by atoms with van der Waals surface area (Å²) in [4.78, 5) is 10.1. The van der Waals surface area contributed by atoms with Crippen molar-refractivity contribution in [3.63, 3.8) is 0 Å². The minimum Gasteiger partial charge on any atom is -0.311 e. The Morgan fingerprint density at radius 1 is 1.59 bits per heavy atom. The van der Waals surface area contributed by atoms with E-state index < -0.39 is 0 Å². The molecule has 1 N–H and O–H groups in total. The van der Waals surface area contributed by atoms with Gasteiger partial charge in [-0.05, 0) is 5.56 Å². The van der Waals surface area contributed by atoms with E-state index in [-0.39, 0.29) is 9.92 Å². The van der Waals surface area contributed by atoms with Crippen LogP contribution in [0, 0.1) is 10.1 Å². The van der Waals surface area contributed by atoms with Gasteiger partial charge in [0.05, 0.1) is 17.7 Å². The van der Waals surface area contributed by atoms with Crippen molar-refractivity contribution in [2.24, 2.45) is 0 Å². The highest BCUT2D eigenvalue weighted by Gasteiger charge is 2.08. The van der Waals surface area contributed by atoms with E-state index in [1.165, 1.54) is 0 Å². The maximum absolute atomic E-state index is 10.5. The molecule has 2 aromatic heterocycles. The Bertz CT molecular complexity index is 481. The standard InChI is InChI=1S/C9H11N5O2S/c15-14(16)9-5-8(7-17-9)6-10-1-3-13-4-2-11-12-13/h2,4-5,7,10H,1,3,6H2. The summed E-state index contributed by atoms with van der Waals surface area (Å²) in [5.74, 6) is 0. The predicted molar refractivity (Wildman–Crippen MR) is 62.7 cm³/mol. The summed E-state index contributed by atoms with van der Waals surface area (Å²) >= 11 is 1.15. The predicted octanol–water partition coefficient (Wildman–Crippen LogP) is 1.04. The average molecular weight is 253 g/mol. The second-order valence-corrected chi connectivity index (χ2v) is 4.28. The highest BCUT2D eigenvalue weighted by Crippen LogP contribution is 2.22. The number of aromatic nitrogens is 3. The molecule has 2 rings (SSSR count). The lowest BCUT2D eigenvalue weighted by Crippen LogP contribution is -2.19. The minimum atomic E-state index is -0.371. The number of nitro groups is 1. The van der Waals surface area contributed by atoms with Crippen molar-refractivity contribution < 1.29 is 4.92 Å². The Kier molecular flexibility index (Phi) is 3.78. The van der Waals surface area contributed by atoms with E-state index >= 15 is 0 Å². The lowest BCUT2D eigenvalue weighted by molar-refractivity contribution is -0.380. The Morgan fingerprint density at radius 3 is 3.12 bits per heavy atom. The zero-order chi connectivity index (χ0) is 12.1. The molecule has 0 aromatic carbocycles. The third-order valence-corrected chi connectivity index (χ3v) is 3.07. The normalized spacial score (nSPS) is 10.6. The quantitative estimate of drug-likeness (QED) is 0.472. The first-order chi connectivity index (χ1) is 8.25. The number of nitrogens with one attached hydrogen (secondary N) is 1. The van der Waals surface area contributed by atoms with Crippen LogP contribution in [0.25, 0.3) is 0 Å². The van der Waals surface area contributed by atoms with Crippen molar-refractivity contribution in [3.8, 4) is 0 Å². The van der Waals surface area contributed by atoms with Gasteiger partial charge in [0.25, 0.3) is 0 Å². The molecule has 0 amide bonds. The number of nitrogens with zero attached hydrogens (tertiary/aromatic N) is 4. The summed E-state index contributed by atoms with van der Waals surface area (Å²) in [6.45, 7) is 2.10. The fourth-order valence-corrected chi connectivity index (χ4v) is 2.06. The second-order valence-electron chi connectivity index (χ2n) is 3.39.